The molecule has 3 aromatic rings. The van der Waals surface area contributed by atoms with Gasteiger partial charge in [-0.2, -0.15) is 0 Å². The number of hydrogen-bond acceptors (Lipinski definition) is 8. The van der Waals surface area contributed by atoms with Gasteiger partial charge in [0.1, 0.15) is 17.8 Å². The van der Waals surface area contributed by atoms with E-state index in [-0.39, 0.29) is 11.6 Å². The van der Waals surface area contributed by atoms with Crippen LogP contribution in [0, 0.1) is 11.8 Å². The minimum atomic E-state index is -0.493. The van der Waals surface area contributed by atoms with E-state index in [0.29, 0.717) is 48.8 Å². The molecule has 1 unspecified atom stereocenters. The summed E-state index contributed by atoms with van der Waals surface area (Å²) in [7, 11) is 3.14. The molecule has 2 aromatic carbocycles. The fourth-order valence-electron chi connectivity index (χ4n) is 4.92. The highest BCUT2D eigenvalue weighted by Crippen LogP contribution is 2.40. The minimum absolute atomic E-state index is 0.0529. The average molecular weight is 475 g/mol. The summed E-state index contributed by atoms with van der Waals surface area (Å²) in [6.07, 6.45) is 4.85. The summed E-state index contributed by atoms with van der Waals surface area (Å²) in [5.74, 6) is -0.280. The van der Waals surface area contributed by atoms with E-state index in [1.54, 1.807) is 75.1 Å². The van der Waals surface area contributed by atoms with E-state index in [9.17, 15) is 9.59 Å². The smallest absolute Gasteiger partial charge is 0.167 e. The van der Waals surface area contributed by atoms with Crippen molar-refractivity contribution in [1.82, 2.24) is 14.9 Å². The molecule has 2 heterocycles. The summed E-state index contributed by atoms with van der Waals surface area (Å²) in [6, 6.07) is 14.2. The fourth-order valence-corrected chi connectivity index (χ4v) is 4.92. The maximum Gasteiger partial charge on any atom is 0.167 e. The van der Waals surface area contributed by atoms with Gasteiger partial charge in [-0.1, -0.05) is 24.3 Å². The molecule has 0 aliphatic carbocycles. The van der Waals surface area contributed by atoms with Crippen LogP contribution in [0.5, 0.6) is 11.5 Å². The van der Waals surface area contributed by atoms with Gasteiger partial charge in [-0.3, -0.25) is 9.59 Å². The first-order valence-electron chi connectivity index (χ1n) is 11.6. The molecule has 0 bridgehead atoms. The van der Waals surface area contributed by atoms with Gasteiger partial charge < -0.3 is 20.1 Å². The highest BCUT2D eigenvalue weighted by atomic mass is 16.5. The van der Waals surface area contributed by atoms with Crippen LogP contribution in [-0.4, -0.2) is 66.8 Å². The highest BCUT2D eigenvalue weighted by molar-refractivity contribution is 6.02. The van der Waals surface area contributed by atoms with E-state index >= 15 is 0 Å². The van der Waals surface area contributed by atoms with Gasteiger partial charge in [-0.15, -0.1) is 0 Å². The number of carbonyl (C=O) groups is 2. The number of nitrogens with two attached hydrogens (primary N) is 1. The number of hydrogen-bond donors (Lipinski definition) is 1. The Bertz CT molecular complexity index is 1100. The Hall–Kier alpha value is -3.62. The fraction of sp³-hybridized carbons (Fsp3) is 0.333. The molecule has 2 N–H and O–H groups in total. The normalized spacial score (nSPS) is 20.3. The number of carbonyl (C=O) groups excluding carboxylic acids is 2. The van der Waals surface area contributed by atoms with Crippen LogP contribution in [0.4, 0.5) is 0 Å². The van der Waals surface area contributed by atoms with Gasteiger partial charge in [0.25, 0.3) is 0 Å². The van der Waals surface area contributed by atoms with Crippen molar-refractivity contribution < 1.29 is 19.1 Å². The summed E-state index contributed by atoms with van der Waals surface area (Å²) < 4.78 is 10.7. The molecule has 0 radical (unpaired) electrons. The first-order valence-corrected chi connectivity index (χ1v) is 11.6. The van der Waals surface area contributed by atoms with Crippen molar-refractivity contribution >= 4 is 11.6 Å². The third-order valence-electron chi connectivity index (χ3n) is 6.57. The second-order valence-electron chi connectivity index (χ2n) is 8.65. The molecule has 8 heteroatoms. The van der Waals surface area contributed by atoms with Gasteiger partial charge in [0, 0.05) is 67.5 Å². The zero-order chi connectivity index (χ0) is 24.8. The number of aromatic nitrogens is 2. The van der Waals surface area contributed by atoms with Crippen molar-refractivity contribution in [3.05, 3.63) is 83.9 Å². The second-order valence-corrected chi connectivity index (χ2v) is 8.65. The number of Topliss-reactive ketones (excluding diaryl/α,β-unsaturated/α-hetero) is 2. The van der Waals surface area contributed by atoms with Crippen molar-refractivity contribution in [2.45, 2.75) is 5.92 Å². The van der Waals surface area contributed by atoms with E-state index in [1.165, 1.54) is 6.33 Å². The van der Waals surface area contributed by atoms with Gasteiger partial charge in [-0.05, 0) is 29.8 Å². The molecule has 1 aliphatic rings. The lowest BCUT2D eigenvalue weighted by Gasteiger charge is -2.42. The third kappa shape index (κ3) is 5.39. The van der Waals surface area contributed by atoms with E-state index in [1.807, 2.05) is 0 Å². The Kier molecular flexibility index (Phi) is 7.84. The van der Waals surface area contributed by atoms with Gasteiger partial charge >= 0.3 is 0 Å². The van der Waals surface area contributed by atoms with Gasteiger partial charge in [0.05, 0.1) is 14.2 Å². The number of nitrogens with zero attached hydrogens (tertiary/aromatic N) is 3. The van der Waals surface area contributed by atoms with Crippen molar-refractivity contribution in [3.8, 4) is 11.5 Å². The Balaban J connectivity index is 1.79. The van der Waals surface area contributed by atoms with E-state index in [0.717, 1.165) is 5.56 Å². The zero-order valence-corrected chi connectivity index (χ0v) is 20.0. The Morgan fingerprint density at radius 3 is 1.89 bits per heavy atom. The number of benzene rings is 2. The maximum atomic E-state index is 13.9. The Labute approximate surface area is 205 Å². The Morgan fingerprint density at radius 2 is 1.43 bits per heavy atom. The molecule has 1 aliphatic heterocycles. The van der Waals surface area contributed by atoms with Crippen molar-refractivity contribution in [2.24, 2.45) is 17.6 Å². The standard InChI is InChI=1S/C27H30N4O4/c1-34-21-7-3-5-18(11-21)26(32)23-15-31(10-9-28)16-24(25(23)20-13-29-17-30-14-20)27(33)19-6-4-8-22(12-19)35-2/h3-8,11-14,17,23-25H,9-10,15-16,28H2,1-2H3/t23-,24+,25?. The first kappa shape index (κ1) is 24.5. The second kappa shape index (κ2) is 11.2. The number of likely N-dealkylation sites (tertiary alicyclic amines) is 1. The molecule has 1 aromatic heterocycles. The topological polar surface area (TPSA) is 108 Å². The van der Waals surface area contributed by atoms with Crippen LogP contribution in [-0.2, 0) is 0 Å². The number of ketones is 2. The molecule has 3 atom stereocenters. The van der Waals surface area contributed by atoms with Crippen molar-refractivity contribution in [1.29, 1.82) is 0 Å². The number of ether oxygens (including phenoxy) is 2. The maximum absolute atomic E-state index is 13.9. The summed E-state index contributed by atoms with van der Waals surface area (Å²) in [4.78, 5) is 38.3. The molecule has 35 heavy (non-hydrogen) atoms. The largest absolute Gasteiger partial charge is 0.497 e. The van der Waals surface area contributed by atoms with Crippen LogP contribution >= 0.6 is 0 Å². The van der Waals surface area contributed by atoms with Gasteiger partial charge in [0.2, 0.25) is 0 Å². The molecule has 0 spiro atoms. The molecule has 0 amide bonds. The van der Waals surface area contributed by atoms with E-state index in [2.05, 4.69) is 14.9 Å². The van der Waals surface area contributed by atoms with Crippen LogP contribution in [0.1, 0.15) is 32.2 Å². The lowest BCUT2D eigenvalue weighted by atomic mass is 9.69. The predicted octanol–water partition coefficient (Wildman–Crippen LogP) is 2.85. The van der Waals surface area contributed by atoms with Crippen LogP contribution < -0.4 is 15.2 Å². The number of methoxy groups -OCH3 is 2. The van der Waals surface area contributed by atoms with Crippen LogP contribution in [0.15, 0.2) is 67.3 Å². The van der Waals surface area contributed by atoms with Crippen molar-refractivity contribution in [2.75, 3.05) is 40.4 Å². The quantitative estimate of drug-likeness (QED) is 0.472. The lowest BCUT2D eigenvalue weighted by molar-refractivity contribution is 0.0578. The van der Waals surface area contributed by atoms with Gasteiger partial charge in [0.15, 0.2) is 11.6 Å². The first-order chi connectivity index (χ1) is 17.0. The number of piperidine rings is 1. The van der Waals surface area contributed by atoms with E-state index in [4.69, 9.17) is 15.2 Å². The Morgan fingerprint density at radius 1 is 0.914 bits per heavy atom. The highest BCUT2D eigenvalue weighted by Gasteiger charge is 2.45. The molecule has 0 saturated carbocycles. The molecular weight excluding hydrogens is 444 g/mol. The van der Waals surface area contributed by atoms with Crippen LogP contribution in [0.2, 0.25) is 0 Å². The van der Waals surface area contributed by atoms with Crippen LogP contribution in [0.25, 0.3) is 0 Å². The molecular formula is C27H30N4O4. The molecule has 182 valence electrons. The molecule has 1 fully saturated rings. The molecule has 4 rings (SSSR count). The zero-order valence-electron chi connectivity index (χ0n) is 20.0. The summed E-state index contributed by atoms with van der Waals surface area (Å²) in [5, 5.41) is 0. The summed E-state index contributed by atoms with van der Waals surface area (Å²) >= 11 is 0. The van der Waals surface area contributed by atoms with Gasteiger partial charge in [-0.25, -0.2) is 9.97 Å². The van der Waals surface area contributed by atoms with E-state index < -0.39 is 17.8 Å². The SMILES string of the molecule is COc1cccc(C(=O)[C@H]2CN(CCN)C[C@@H](C(=O)c3cccc(OC)c3)C2c2cncnc2)c1. The average Bonchev–Trinajstić information content (AvgIpc) is 2.92. The summed E-state index contributed by atoms with van der Waals surface area (Å²) in [6.45, 7) is 1.98. The van der Waals surface area contributed by atoms with Crippen LogP contribution in [0.3, 0.4) is 0 Å². The minimum Gasteiger partial charge on any atom is -0.497 e. The predicted molar refractivity (Wildman–Crippen MR) is 132 cm³/mol. The summed E-state index contributed by atoms with van der Waals surface area (Å²) in [5.41, 5.74) is 7.73. The monoisotopic (exact) mass is 474 g/mol. The molecule has 8 nitrogen and oxygen atoms in total. The third-order valence-corrected chi connectivity index (χ3v) is 6.57. The molecule has 1 saturated heterocycles. The lowest BCUT2D eigenvalue weighted by Crippen LogP contribution is -2.51. The van der Waals surface area contributed by atoms with Crippen molar-refractivity contribution in [3.63, 3.8) is 0 Å². The number of rotatable bonds is 9.